The molecule has 1 heterocycles. The molecule has 2 N–H and O–H groups in total. The molecule has 1 aliphatic heterocycles. The van der Waals surface area contributed by atoms with Crippen molar-refractivity contribution in [2.75, 3.05) is 0 Å². The Morgan fingerprint density at radius 2 is 1.53 bits per heavy atom. The van der Waals surface area contributed by atoms with E-state index in [9.17, 15) is 22.0 Å². The average molecular weight is 420 g/mol. The maximum atomic E-state index is 13.1. The second kappa shape index (κ2) is 5.14. The molecule has 1 aliphatic rings. The van der Waals surface area contributed by atoms with Crippen molar-refractivity contribution >= 4 is 5.70 Å². The van der Waals surface area contributed by atoms with Crippen LogP contribution in [0, 0.1) is 11.6 Å². The van der Waals surface area contributed by atoms with Crippen molar-refractivity contribution in [1.29, 1.82) is 0 Å². The minimum Gasteiger partial charge on any atom is -0.693 e. The summed E-state index contributed by atoms with van der Waals surface area (Å²) in [5.74, 6) is -3.40. The number of hydrogen-bond donors (Lipinski definition) is 0. The van der Waals surface area contributed by atoms with Crippen LogP contribution in [0.15, 0.2) is 18.3 Å². The van der Waals surface area contributed by atoms with E-state index in [-0.39, 0.29) is 38.5 Å². The summed E-state index contributed by atoms with van der Waals surface area (Å²) in [6, 6.07) is 1.37. The molecular formula is C9H5F5N2W. The number of alkyl halides is 3. The fourth-order valence-corrected chi connectivity index (χ4v) is 1.14. The molecular weight excluding hydrogens is 415 g/mol. The predicted octanol–water partition coefficient (Wildman–Crippen LogP) is 4.38. The van der Waals surface area contributed by atoms with Gasteiger partial charge < -0.3 is 11.5 Å². The zero-order chi connectivity index (χ0) is 11.2. The molecule has 0 saturated heterocycles. The molecule has 0 fully saturated rings. The van der Waals surface area contributed by atoms with Gasteiger partial charge in [0.05, 0.1) is 5.56 Å². The quantitative estimate of drug-likeness (QED) is 0.606. The van der Waals surface area contributed by atoms with Crippen LogP contribution in [0.3, 0.4) is 0 Å². The minimum absolute atomic E-state index is 0. The Morgan fingerprint density at radius 1 is 1.00 bits per heavy atom. The molecule has 0 radical (unpaired) electrons. The SMILES string of the molecule is Fc1c(C2=C[N-]2)ccc(C(F)(F)F)c1F.[NH2-].[W+2]. The number of nitrogens with two attached hydrogens (primary N) is 1. The molecule has 0 aliphatic carbocycles. The van der Waals surface area contributed by atoms with Crippen LogP contribution in [0.4, 0.5) is 22.0 Å². The van der Waals surface area contributed by atoms with Gasteiger partial charge in [0, 0.05) is 0 Å². The third kappa shape index (κ3) is 3.04. The van der Waals surface area contributed by atoms with Gasteiger partial charge in [-0.25, -0.2) is 8.78 Å². The maximum Gasteiger partial charge on any atom is 2.00 e. The van der Waals surface area contributed by atoms with Gasteiger partial charge >= 0.3 is 27.2 Å². The van der Waals surface area contributed by atoms with Crippen molar-refractivity contribution in [2.45, 2.75) is 6.18 Å². The van der Waals surface area contributed by atoms with Crippen LogP contribution < -0.4 is 0 Å². The van der Waals surface area contributed by atoms with E-state index < -0.39 is 23.4 Å². The summed E-state index contributed by atoms with van der Waals surface area (Å²) in [5.41, 5.74) is -1.69. The van der Waals surface area contributed by atoms with Gasteiger partial charge in [-0.15, -0.1) is 5.70 Å². The van der Waals surface area contributed by atoms with Crippen molar-refractivity contribution in [3.63, 3.8) is 0 Å². The second-order valence-electron chi connectivity index (χ2n) is 2.93. The van der Waals surface area contributed by atoms with Gasteiger partial charge in [0.25, 0.3) is 0 Å². The van der Waals surface area contributed by atoms with E-state index in [1.807, 2.05) is 0 Å². The zero-order valence-corrected chi connectivity index (χ0v) is 11.0. The van der Waals surface area contributed by atoms with Gasteiger partial charge in [-0.2, -0.15) is 19.4 Å². The summed E-state index contributed by atoms with van der Waals surface area (Å²) in [6.45, 7) is 0. The normalized spacial score (nSPS) is 12.9. The molecule has 8 heteroatoms. The first-order valence-corrected chi connectivity index (χ1v) is 3.88. The third-order valence-corrected chi connectivity index (χ3v) is 1.92. The Morgan fingerprint density at radius 3 is 1.94 bits per heavy atom. The van der Waals surface area contributed by atoms with Crippen molar-refractivity contribution in [2.24, 2.45) is 0 Å². The molecule has 0 spiro atoms. The molecule has 0 unspecified atom stereocenters. The van der Waals surface area contributed by atoms with Crippen LogP contribution in [0.1, 0.15) is 11.1 Å². The number of rotatable bonds is 1. The third-order valence-electron chi connectivity index (χ3n) is 1.92. The van der Waals surface area contributed by atoms with Crippen LogP contribution in [0.5, 0.6) is 0 Å². The summed E-state index contributed by atoms with van der Waals surface area (Å²) in [6.07, 6.45) is -3.65. The molecule has 92 valence electrons. The number of nitrogens with zero attached hydrogens (tertiary/aromatic N) is 1. The van der Waals surface area contributed by atoms with Crippen molar-refractivity contribution in [3.05, 3.63) is 52.6 Å². The first kappa shape index (κ1) is 16.1. The van der Waals surface area contributed by atoms with Crippen molar-refractivity contribution < 1.29 is 43.0 Å². The van der Waals surface area contributed by atoms with Crippen LogP contribution >= 0.6 is 0 Å². The molecule has 1 aromatic carbocycles. The Labute approximate surface area is 108 Å². The molecule has 0 atom stereocenters. The van der Waals surface area contributed by atoms with E-state index in [1.54, 1.807) is 0 Å². The summed E-state index contributed by atoms with van der Waals surface area (Å²) in [5, 5.41) is 3.47. The number of hydrogen-bond acceptors (Lipinski definition) is 0. The molecule has 0 bridgehead atoms. The maximum absolute atomic E-state index is 13.1. The van der Waals surface area contributed by atoms with Gasteiger partial charge in [0.1, 0.15) is 0 Å². The van der Waals surface area contributed by atoms with Gasteiger partial charge in [-0.1, -0.05) is 6.07 Å². The van der Waals surface area contributed by atoms with Crippen LogP contribution in [0.25, 0.3) is 17.2 Å². The molecule has 2 nitrogen and oxygen atoms in total. The van der Waals surface area contributed by atoms with Gasteiger partial charge in [-0.05, 0) is 11.6 Å². The topological polar surface area (TPSA) is 47.6 Å². The molecule has 0 amide bonds. The minimum atomic E-state index is -4.89. The van der Waals surface area contributed by atoms with E-state index >= 15 is 0 Å². The first-order valence-electron chi connectivity index (χ1n) is 3.88. The number of halogens is 5. The van der Waals surface area contributed by atoms with E-state index in [0.29, 0.717) is 6.07 Å². The molecule has 0 aromatic heterocycles. The van der Waals surface area contributed by atoms with E-state index in [1.165, 1.54) is 6.20 Å². The Hall–Kier alpha value is -0.942. The van der Waals surface area contributed by atoms with Crippen molar-refractivity contribution in [1.82, 2.24) is 0 Å². The average Bonchev–Trinajstić information content (AvgIpc) is 2.90. The van der Waals surface area contributed by atoms with Gasteiger partial charge in [0.15, 0.2) is 11.6 Å². The largest absolute Gasteiger partial charge is 2.00 e. The van der Waals surface area contributed by atoms with Crippen LogP contribution in [-0.4, -0.2) is 0 Å². The van der Waals surface area contributed by atoms with E-state index in [2.05, 4.69) is 5.32 Å². The standard InChI is InChI=1S/C9H3F5N.H2N.W/c10-7-4(6-3-15-6)1-2-5(8(7)11)9(12,13)14;;/h1-3H;1H2;/q2*-1;+2. The molecule has 0 saturated carbocycles. The van der Waals surface area contributed by atoms with E-state index in [0.717, 1.165) is 6.07 Å². The summed E-state index contributed by atoms with van der Waals surface area (Å²) < 4.78 is 62.5. The predicted molar refractivity (Wildman–Crippen MR) is 48.0 cm³/mol. The smallest absolute Gasteiger partial charge is 0.693 e. The first-order chi connectivity index (χ1) is 6.91. The monoisotopic (exact) mass is 420 g/mol. The Kier molecular flexibility index (Phi) is 4.86. The van der Waals surface area contributed by atoms with E-state index in [4.69, 9.17) is 0 Å². The summed E-state index contributed by atoms with van der Waals surface area (Å²) >= 11 is 0. The zero-order valence-electron chi connectivity index (χ0n) is 8.05. The fourth-order valence-electron chi connectivity index (χ4n) is 1.14. The Balaban J connectivity index is 0.00000128. The summed E-state index contributed by atoms with van der Waals surface area (Å²) in [7, 11) is 0. The van der Waals surface area contributed by atoms with Crippen LogP contribution in [-0.2, 0) is 27.2 Å². The second-order valence-corrected chi connectivity index (χ2v) is 2.93. The molecule has 1 aromatic rings. The number of benzene rings is 1. The molecule has 17 heavy (non-hydrogen) atoms. The van der Waals surface area contributed by atoms with Crippen LogP contribution in [0.2, 0.25) is 0 Å². The van der Waals surface area contributed by atoms with Crippen molar-refractivity contribution in [3.8, 4) is 0 Å². The van der Waals surface area contributed by atoms with Gasteiger partial charge in [0.2, 0.25) is 0 Å². The molecule has 2 rings (SSSR count). The Bertz CT molecular complexity index is 455. The van der Waals surface area contributed by atoms with Gasteiger partial charge in [-0.3, -0.25) is 0 Å². The summed E-state index contributed by atoms with van der Waals surface area (Å²) in [4.78, 5) is 0. The fraction of sp³-hybridized carbons (Fsp3) is 0.111.